The number of carbonyl (C=O) groups excluding carboxylic acids is 1. The first kappa shape index (κ1) is 16.7. The van der Waals surface area contributed by atoms with Crippen LogP contribution in [0, 0.1) is 0 Å². The van der Waals surface area contributed by atoms with Gasteiger partial charge in [-0.05, 0) is 18.6 Å². The maximum atomic E-state index is 12.3. The number of amides is 1. The molecule has 0 radical (unpaired) electrons. The summed E-state index contributed by atoms with van der Waals surface area (Å²) in [7, 11) is -2.85. The van der Waals surface area contributed by atoms with Gasteiger partial charge in [-0.3, -0.25) is 9.69 Å². The summed E-state index contributed by atoms with van der Waals surface area (Å²) < 4.78 is 23.2. The third kappa shape index (κ3) is 4.45. The zero-order chi connectivity index (χ0) is 16.3. The van der Waals surface area contributed by atoms with Gasteiger partial charge >= 0.3 is 0 Å². The van der Waals surface area contributed by atoms with Crippen LogP contribution >= 0.6 is 11.8 Å². The average Bonchev–Trinajstić information content (AvgIpc) is 2.94. The summed E-state index contributed by atoms with van der Waals surface area (Å²) in [5, 5.41) is 0.857. The van der Waals surface area contributed by atoms with Gasteiger partial charge in [-0.25, -0.2) is 13.4 Å². The third-order valence-corrected chi connectivity index (χ3v) is 7.05. The van der Waals surface area contributed by atoms with E-state index in [4.69, 9.17) is 0 Å². The quantitative estimate of drug-likeness (QED) is 0.733. The highest BCUT2D eigenvalue weighted by Gasteiger charge is 2.34. The standard InChI is InChI=1S/C15H21N3O3S2/c19-15(11-22-14-3-1-2-5-16-14)18-8-6-17(7-9-18)13-4-10-23(20,21)12-13/h1-3,5,13H,4,6-12H2. The van der Waals surface area contributed by atoms with Crippen molar-refractivity contribution in [1.29, 1.82) is 0 Å². The molecule has 1 aromatic rings. The second kappa shape index (κ2) is 7.19. The molecule has 3 heterocycles. The van der Waals surface area contributed by atoms with Gasteiger partial charge < -0.3 is 4.90 Å². The number of thioether (sulfide) groups is 1. The van der Waals surface area contributed by atoms with Crippen LogP contribution in [0.15, 0.2) is 29.4 Å². The first-order valence-electron chi connectivity index (χ1n) is 7.79. The predicted octanol–water partition coefficient (Wildman–Crippen LogP) is 0.505. The van der Waals surface area contributed by atoms with E-state index in [1.54, 1.807) is 6.20 Å². The molecule has 0 N–H and O–H groups in total. The van der Waals surface area contributed by atoms with Crippen molar-refractivity contribution in [2.24, 2.45) is 0 Å². The van der Waals surface area contributed by atoms with Crippen molar-refractivity contribution in [2.45, 2.75) is 17.5 Å². The van der Waals surface area contributed by atoms with Crippen molar-refractivity contribution in [3.05, 3.63) is 24.4 Å². The molecule has 2 aliphatic rings. The Kier molecular flexibility index (Phi) is 5.23. The van der Waals surface area contributed by atoms with Gasteiger partial charge in [0.15, 0.2) is 9.84 Å². The predicted molar refractivity (Wildman–Crippen MR) is 90.2 cm³/mol. The van der Waals surface area contributed by atoms with Gasteiger partial charge in [-0.15, -0.1) is 0 Å². The Morgan fingerprint density at radius 2 is 2.04 bits per heavy atom. The summed E-state index contributed by atoms with van der Waals surface area (Å²) in [5.41, 5.74) is 0. The lowest BCUT2D eigenvalue weighted by molar-refractivity contribution is -0.130. The monoisotopic (exact) mass is 355 g/mol. The van der Waals surface area contributed by atoms with Crippen LogP contribution in [0.2, 0.25) is 0 Å². The highest BCUT2D eigenvalue weighted by atomic mass is 32.2. The maximum absolute atomic E-state index is 12.3. The van der Waals surface area contributed by atoms with E-state index in [1.807, 2.05) is 23.1 Å². The number of carbonyl (C=O) groups is 1. The molecule has 1 amide bonds. The smallest absolute Gasteiger partial charge is 0.233 e. The molecular weight excluding hydrogens is 334 g/mol. The number of piperazine rings is 1. The zero-order valence-electron chi connectivity index (χ0n) is 12.9. The second-order valence-corrected chi connectivity index (χ2v) is 9.15. The minimum atomic E-state index is -2.85. The van der Waals surface area contributed by atoms with Crippen LogP contribution < -0.4 is 0 Å². The SMILES string of the molecule is O=C(CSc1ccccn1)N1CCN(C2CCS(=O)(=O)C2)CC1. The van der Waals surface area contributed by atoms with E-state index in [1.165, 1.54) is 11.8 Å². The first-order valence-corrected chi connectivity index (χ1v) is 10.6. The molecule has 0 saturated carbocycles. The largest absolute Gasteiger partial charge is 0.339 e. The Bertz CT molecular complexity index is 643. The fraction of sp³-hybridized carbons (Fsp3) is 0.600. The topological polar surface area (TPSA) is 70.6 Å². The molecular formula is C15H21N3O3S2. The van der Waals surface area contributed by atoms with E-state index in [-0.39, 0.29) is 17.7 Å². The van der Waals surface area contributed by atoms with Gasteiger partial charge in [-0.1, -0.05) is 17.8 Å². The second-order valence-electron chi connectivity index (χ2n) is 5.93. The number of rotatable bonds is 4. The molecule has 1 aromatic heterocycles. The molecule has 1 atom stereocenters. The van der Waals surface area contributed by atoms with E-state index in [2.05, 4.69) is 9.88 Å². The Balaban J connectivity index is 1.44. The van der Waals surface area contributed by atoms with Crippen LogP contribution in [0.25, 0.3) is 0 Å². The lowest BCUT2D eigenvalue weighted by Crippen LogP contribution is -2.52. The van der Waals surface area contributed by atoms with Crippen LogP contribution in [-0.2, 0) is 14.6 Å². The number of hydrogen-bond donors (Lipinski definition) is 0. The first-order chi connectivity index (χ1) is 11.0. The van der Waals surface area contributed by atoms with Crippen LogP contribution in [-0.4, -0.2) is 78.6 Å². The molecule has 126 valence electrons. The van der Waals surface area contributed by atoms with Gasteiger partial charge in [0.25, 0.3) is 0 Å². The molecule has 3 rings (SSSR count). The molecule has 2 saturated heterocycles. The Morgan fingerprint density at radius 3 is 2.65 bits per heavy atom. The summed E-state index contributed by atoms with van der Waals surface area (Å²) in [5.74, 6) is 1.10. The number of nitrogens with zero attached hydrogens (tertiary/aromatic N) is 3. The molecule has 0 bridgehead atoms. The fourth-order valence-corrected chi connectivity index (χ4v) is 5.58. The third-order valence-electron chi connectivity index (χ3n) is 4.37. The van der Waals surface area contributed by atoms with Crippen molar-refractivity contribution in [3.8, 4) is 0 Å². The Hall–Kier alpha value is -1.12. The minimum Gasteiger partial charge on any atom is -0.339 e. The Morgan fingerprint density at radius 1 is 1.26 bits per heavy atom. The van der Waals surface area contributed by atoms with E-state index in [9.17, 15) is 13.2 Å². The highest BCUT2D eigenvalue weighted by Crippen LogP contribution is 2.20. The van der Waals surface area contributed by atoms with Crippen LogP contribution in [0.3, 0.4) is 0 Å². The Labute approximate surface area is 141 Å². The molecule has 2 fully saturated rings. The molecule has 6 nitrogen and oxygen atoms in total. The molecule has 8 heteroatoms. The summed E-state index contributed by atoms with van der Waals surface area (Å²) in [6, 6.07) is 5.80. The summed E-state index contributed by atoms with van der Waals surface area (Å²) in [4.78, 5) is 20.6. The maximum Gasteiger partial charge on any atom is 0.233 e. The number of hydrogen-bond acceptors (Lipinski definition) is 6. The van der Waals surface area contributed by atoms with Crippen molar-refractivity contribution in [2.75, 3.05) is 43.4 Å². The van der Waals surface area contributed by atoms with Crippen LogP contribution in [0.1, 0.15) is 6.42 Å². The normalized spacial score (nSPS) is 24.7. The van der Waals surface area contributed by atoms with Gasteiger partial charge in [-0.2, -0.15) is 0 Å². The average molecular weight is 355 g/mol. The molecule has 23 heavy (non-hydrogen) atoms. The van der Waals surface area contributed by atoms with Gasteiger partial charge in [0.2, 0.25) is 5.91 Å². The minimum absolute atomic E-state index is 0.124. The van der Waals surface area contributed by atoms with Crippen LogP contribution in [0.5, 0.6) is 0 Å². The molecule has 0 aromatic carbocycles. The van der Waals surface area contributed by atoms with Crippen molar-refractivity contribution in [1.82, 2.24) is 14.8 Å². The van der Waals surface area contributed by atoms with Crippen LogP contribution in [0.4, 0.5) is 0 Å². The van der Waals surface area contributed by atoms with Gasteiger partial charge in [0.05, 0.1) is 22.3 Å². The van der Waals surface area contributed by atoms with Crippen molar-refractivity contribution >= 4 is 27.5 Å². The molecule has 2 aliphatic heterocycles. The van der Waals surface area contributed by atoms with Gasteiger partial charge in [0.1, 0.15) is 0 Å². The molecule has 1 unspecified atom stereocenters. The summed E-state index contributed by atoms with van der Waals surface area (Å²) in [6.45, 7) is 2.89. The van der Waals surface area contributed by atoms with E-state index in [0.29, 0.717) is 24.6 Å². The number of pyridine rings is 1. The number of sulfone groups is 1. The summed E-state index contributed by atoms with van der Waals surface area (Å²) >= 11 is 1.45. The van der Waals surface area contributed by atoms with Gasteiger partial charge in [0, 0.05) is 38.4 Å². The van der Waals surface area contributed by atoms with E-state index in [0.717, 1.165) is 24.5 Å². The lowest BCUT2D eigenvalue weighted by atomic mass is 10.2. The van der Waals surface area contributed by atoms with Crippen molar-refractivity contribution in [3.63, 3.8) is 0 Å². The van der Waals surface area contributed by atoms with Crippen molar-refractivity contribution < 1.29 is 13.2 Å². The van der Waals surface area contributed by atoms with E-state index < -0.39 is 9.84 Å². The lowest BCUT2D eigenvalue weighted by Gasteiger charge is -2.37. The van der Waals surface area contributed by atoms with E-state index >= 15 is 0 Å². The summed E-state index contributed by atoms with van der Waals surface area (Å²) in [6.07, 6.45) is 2.45. The molecule has 0 aliphatic carbocycles. The highest BCUT2D eigenvalue weighted by molar-refractivity contribution is 7.99. The number of aromatic nitrogens is 1. The fourth-order valence-electron chi connectivity index (χ4n) is 3.06. The zero-order valence-corrected chi connectivity index (χ0v) is 14.6. The molecule has 0 spiro atoms.